The van der Waals surface area contributed by atoms with E-state index in [9.17, 15) is 13.2 Å². The van der Waals surface area contributed by atoms with Crippen LogP contribution in [0.2, 0.25) is 0 Å². The lowest BCUT2D eigenvalue weighted by Crippen LogP contribution is -2.44. The van der Waals surface area contributed by atoms with Crippen molar-refractivity contribution in [2.24, 2.45) is 10.4 Å². The lowest BCUT2D eigenvalue weighted by Gasteiger charge is -2.30. The van der Waals surface area contributed by atoms with Crippen molar-refractivity contribution in [3.63, 3.8) is 0 Å². The first kappa shape index (κ1) is 22.2. The Balaban J connectivity index is 1.75. The summed E-state index contributed by atoms with van der Waals surface area (Å²) in [4.78, 5) is 11.5. The van der Waals surface area contributed by atoms with E-state index in [-0.39, 0.29) is 11.4 Å². The number of aliphatic imine (C=N–C) groups is 1. The number of ether oxygens (including phenoxy) is 1. The molecule has 10 heteroatoms. The van der Waals surface area contributed by atoms with Crippen LogP contribution in [0.1, 0.15) is 37.8 Å². The highest BCUT2D eigenvalue weighted by atomic mass is 19.4. The molecule has 1 saturated carbocycles. The van der Waals surface area contributed by atoms with Crippen LogP contribution in [0.3, 0.4) is 0 Å². The van der Waals surface area contributed by atoms with Gasteiger partial charge in [-0.2, -0.15) is 13.2 Å². The second-order valence-corrected chi connectivity index (χ2v) is 6.99. The van der Waals surface area contributed by atoms with Crippen LogP contribution in [0.15, 0.2) is 17.3 Å². The van der Waals surface area contributed by atoms with E-state index >= 15 is 0 Å². The van der Waals surface area contributed by atoms with Gasteiger partial charge < -0.3 is 20.7 Å². The number of hydrogen-bond acceptors (Lipinski definition) is 5. The molecular weight excluding hydrogens is 373 g/mol. The first-order chi connectivity index (χ1) is 13.4. The van der Waals surface area contributed by atoms with Gasteiger partial charge in [-0.1, -0.05) is 12.8 Å². The Labute approximate surface area is 163 Å². The Bertz CT molecular complexity index is 632. The average molecular weight is 402 g/mol. The van der Waals surface area contributed by atoms with Crippen molar-refractivity contribution in [3.8, 4) is 0 Å². The maximum absolute atomic E-state index is 12.7. The Morgan fingerprint density at radius 3 is 2.64 bits per heavy atom. The molecule has 0 radical (unpaired) electrons. The van der Waals surface area contributed by atoms with E-state index in [1.54, 1.807) is 14.2 Å². The van der Waals surface area contributed by atoms with E-state index < -0.39 is 11.9 Å². The summed E-state index contributed by atoms with van der Waals surface area (Å²) in [5.74, 6) is 0.611. The zero-order valence-electron chi connectivity index (χ0n) is 16.4. The van der Waals surface area contributed by atoms with E-state index in [1.165, 1.54) is 25.7 Å². The zero-order valence-corrected chi connectivity index (χ0v) is 16.4. The van der Waals surface area contributed by atoms with Gasteiger partial charge in [0.2, 0.25) is 5.95 Å². The summed E-state index contributed by atoms with van der Waals surface area (Å²) >= 11 is 0. The van der Waals surface area contributed by atoms with Crippen LogP contribution in [0.4, 0.5) is 19.1 Å². The summed E-state index contributed by atoms with van der Waals surface area (Å²) in [7, 11) is 3.41. The van der Waals surface area contributed by atoms with Gasteiger partial charge in [0, 0.05) is 46.6 Å². The van der Waals surface area contributed by atoms with Crippen molar-refractivity contribution < 1.29 is 17.9 Å². The van der Waals surface area contributed by atoms with Crippen LogP contribution in [0.25, 0.3) is 0 Å². The number of anilines is 1. The molecule has 0 atom stereocenters. The highest BCUT2D eigenvalue weighted by Gasteiger charge is 2.34. The molecule has 1 aliphatic rings. The van der Waals surface area contributed by atoms with Gasteiger partial charge in [0.05, 0.1) is 0 Å². The van der Waals surface area contributed by atoms with Crippen molar-refractivity contribution in [1.29, 1.82) is 0 Å². The van der Waals surface area contributed by atoms with Crippen molar-refractivity contribution >= 4 is 11.9 Å². The smallest absolute Gasteiger partial charge is 0.385 e. The SMILES string of the molecule is CN=C(NCCNc1nccc(C(F)(F)F)n1)NCC1(CCOC)CCCC1. The summed E-state index contributed by atoms with van der Waals surface area (Å²) in [6.07, 6.45) is 2.44. The Morgan fingerprint density at radius 1 is 1.25 bits per heavy atom. The van der Waals surface area contributed by atoms with Crippen molar-refractivity contribution in [3.05, 3.63) is 18.0 Å². The molecule has 0 saturated heterocycles. The molecule has 0 unspecified atom stereocenters. The lowest BCUT2D eigenvalue weighted by atomic mass is 9.83. The second kappa shape index (κ2) is 10.4. The van der Waals surface area contributed by atoms with Crippen molar-refractivity contribution in [2.45, 2.75) is 38.3 Å². The summed E-state index contributed by atoms with van der Waals surface area (Å²) in [5.41, 5.74) is -0.731. The minimum absolute atomic E-state index is 0.0518. The monoisotopic (exact) mass is 402 g/mol. The highest BCUT2D eigenvalue weighted by Crippen LogP contribution is 2.40. The maximum atomic E-state index is 12.7. The molecule has 7 nitrogen and oxygen atoms in total. The van der Waals surface area contributed by atoms with E-state index in [4.69, 9.17) is 4.74 Å². The number of rotatable bonds is 9. The summed E-state index contributed by atoms with van der Waals surface area (Å²) in [6.45, 7) is 2.38. The van der Waals surface area contributed by atoms with Crippen LogP contribution in [0.5, 0.6) is 0 Å². The molecule has 1 aromatic rings. The number of hydrogen-bond donors (Lipinski definition) is 3. The van der Waals surface area contributed by atoms with Gasteiger partial charge in [0.15, 0.2) is 5.96 Å². The third-order valence-electron chi connectivity index (χ3n) is 5.00. The molecule has 1 aromatic heterocycles. The molecule has 1 aliphatic carbocycles. The third kappa shape index (κ3) is 6.81. The highest BCUT2D eigenvalue weighted by molar-refractivity contribution is 5.79. The summed E-state index contributed by atoms with van der Waals surface area (Å²) < 4.78 is 43.3. The molecule has 0 aliphatic heterocycles. The van der Waals surface area contributed by atoms with E-state index in [0.29, 0.717) is 19.0 Å². The molecule has 0 spiro atoms. The number of methoxy groups -OCH3 is 1. The van der Waals surface area contributed by atoms with Crippen LogP contribution in [-0.2, 0) is 10.9 Å². The molecule has 0 aromatic carbocycles. The second-order valence-electron chi connectivity index (χ2n) is 6.99. The van der Waals surface area contributed by atoms with Gasteiger partial charge >= 0.3 is 6.18 Å². The predicted octanol–water partition coefficient (Wildman–Crippen LogP) is 2.67. The van der Waals surface area contributed by atoms with Crippen molar-refractivity contribution in [2.75, 3.05) is 45.7 Å². The third-order valence-corrected chi connectivity index (χ3v) is 5.00. The zero-order chi connectivity index (χ0) is 20.5. The number of aromatic nitrogens is 2. The quantitative estimate of drug-likeness (QED) is 0.335. The van der Waals surface area contributed by atoms with Gasteiger partial charge in [0.25, 0.3) is 0 Å². The topological polar surface area (TPSA) is 83.5 Å². The minimum atomic E-state index is -4.48. The van der Waals surface area contributed by atoms with E-state index in [1.807, 2.05) is 0 Å². The first-order valence-electron chi connectivity index (χ1n) is 9.46. The standard InChI is InChI=1S/C18H29F3N6O/c1-22-15(26-13-17(8-12-28-2)6-3-4-7-17)24-10-11-25-16-23-9-5-14(27-16)18(19,20)21/h5,9H,3-4,6-8,10-13H2,1-2H3,(H2,22,24,26)(H,23,25,27). The van der Waals surface area contributed by atoms with Gasteiger partial charge in [-0.05, 0) is 30.7 Å². The van der Waals surface area contributed by atoms with Gasteiger partial charge in [-0.3, -0.25) is 4.99 Å². The van der Waals surface area contributed by atoms with Gasteiger partial charge in [-0.15, -0.1) is 0 Å². The fourth-order valence-corrected chi connectivity index (χ4v) is 3.41. The number of halogens is 3. The first-order valence-corrected chi connectivity index (χ1v) is 9.46. The normalized spacial score (nSPS) is 16.8. The average Bonchev–Trinajstić information content (AvgIpc) is 3.14. The molecule has 3 N–H and O–H groups in total. The molecule has 2 rings (SSSR count). The number of nitrogens with one attached hydrogen (secondary N) is 3. The number of nitrogens with zero attached hydrogens (tertiary/aromatic N) is 3. The van der Waals surface area contributed by atoms with Gasteiger partial charge in [0.1, 0.15) is 5.69 Å². The minimum Gasteiger partial charge on any atom is -0.385 e. The Hall–Kier alpha value is -2.10. The fourth-order valence-electron chi connectivity index (χ4n) is 3.41. The number of guanidine groups is 1. The molecule has 0 amide bonds. The van der Waals surface area contributed by atoms with Gasteiger partial charge in [-0.25, -0.2) is 9.97 Å². The molecule has 0 bridgehead atoms. The fraction of sp³-hybridized carbons (Fsp3) is 0.722. The molecule has 1 fully saturated rings. The molecular formula is C18H29F3N6O. The van der Waals surface area contributed by atoms with Crippen LogP contribution >= 0.6 is 0 Å². The Kier molecular flexibility index (Phi) is 8.28. The molecule has 158 valence electrons. The van der Waals surface area contributed by atoms with Crippen LogP contribution < -0.4 is 16.0 Å². The summed E-state index contributed by atoms with van der Waals surface area (Å²) in [5, 5.41) is 9.30. The predicted molar refractivity (Wildman–Crippen MR) is 102 cm³/mol. The molecule has 28 heavy (non-hydrogen) atoms. The Morgan fingerprint density at radius 2 is 2.00 bits per heavy atom. The maximum Gasteiger partial charge on any atom is 0.433 e. The van der Waals surface area contributed by atoms with E-state index in [0.717, 1.165) is 31.8 Å². The summed E-state index contributed by atoms with van der Waals surface area (Å²) in [6, 6.07) is 0.845. The lowest BCUT2D eigenvalue weighted by molar-refractivity contribution is -0.141. The van der Waals surface area contributed by atoms with Crippen LogP contribution in [0, 0.1) is 5.41 Å². The molecule has 1 heterocycles. The van der Waals surface area contributed by atoms with Crippen molar-refractivity contribution in [1.82, 2.24) is 20.6 Å². The largest absolute Gasteiger partial charge is 0.433 e. The van der Waals surface area contributed by atoms with E-state index in [2.05, 4.69) is 30.9 Å². The van der Waals surface area contributed by atoms with Crippen LogP contribution in [-0.4, -0.2) is 56.3 Å². The number of alkyl halides is 3.